The maximum absolute atomic E-state index is 12.2. The number of nitrogens with zero attached hydrogens (tertiary/aromatic N) is 2. The van der Waals surface area contributed by atoms with Crippen molar-refractivity contribution in [2.75, 3.05) is 19.7 Å². The van der Waals surface area contributed by atoms with Crippen molar-refractivity contribution in [2.24, 2.45) is 0 Å². The minimum atomic E-state index is -0.443. The largest absolute Gasteiger partial charge is 0.372 e. The van der Waals surface area contributed by atoms with Crippen LogP contribution >= 0.6 is 0 Å². The lowest BCUT2D eigenvalue weighted by atomic mass is 10.0. The minimum Gasteiger partial charge on any atom is -0.372 e. The fourth-order valence-corrected chi connectivity index (χ4v) is 2.34. The number of nitrogens with one attached hydrogen (secondary N) is 1. The first kappa shape index (κ1) is 16.2. The van der Waals surface area contributed by atoms with Crippen LogP contribution in [0.4, 0.5) is 10.5 Å². The van der Waals surface area contributed by atoms with E-state index < -0.39 is 4.92 Å². The van der Waals surface area contributed by atoms with Crippen LogP contribution in [0.25, 0.3) is 0 Å². The molecule has 7 heteroatoms. The smallest absolute Gasteiger partial charge is 0.317 e. The van der Waals surface area contributed by atoms with E-state index in [-0.39, 0.29) is 17.3 Å². The van der Waals surface area contributed by atoms with Gasteiger partial charge >= 0.3 is 6.03 Å². The molecule has 1 atom stereocenters. The van der Waals surface area contributed by atoms with E-state index in [1.807, 2.05) is 13.8 Å². The number of carbonyl (C=O) groups excluding carboxylic acids is 1. The maximum Gasteiger partial charge on any atom is 0.317 e. The number of non-ortho nitro benzene ring substituents is 1. The zero-order valence-electron chi connectivity index (χ0n) is 12.9. The van der Waals surface area contributed by atoms with Gasteiger partial charge in [0, 0.05) is 25.2 Å². The van der Waals surface area contributed by atoms with Crippen molar-refractivity contribution in [3.8, 4) is 0 Å². The summed E-state index contributed by atoms with van der Waals surface area (Å²) in [7, 11) is 0. The molecule has 1 fully saturated rings. The highest BCUT2D eigenvalue weighted by atomic mass is 16.6. The predicted octanol–water partition coefficient (Wildman–Crippen LogP) is 2.31. The lowest BCUT2D eigenvalue weighted by Crippen LogP contribution is -2.54. The van der Waals surface area contributed by atoms with Crippen molar-refractivity contribution in [1.29, 1.82) is 0 Å². The van der Waals surface area contributed by atoms with E-state index in [0.29, 0.717) is 26.2 Å². The van der Waals surface area contributed by atoms with Gasteiger partial charge < -0.3 is 15.0 Å². The normalized spacial score (nSPS) is 21.5. The number of hydrogen-bond donors (Lipinski definition) is 1. The summed E-state index contributed by atoms with van der Waals surface area (Å²) in [4.78, 5) is 24.1. The van der Waals surface area contributed by atoms with Crippen LogP contribution < -0.4 is 5.32 Å². The summed E-state index contributed by atoms with van der Waals surface area (Å²) in [5, 5.41) is 13.4. The fourth-order valence-electron chi connectivity index (χ4n) is 2.34. The van der Waals surface area contributed by atoms with E-state index in [9.17, 15) is 14.9 Å². The molecule has 1 aromatic carbocycles. The van der Waals surface area contributed by atoms with Crippen LogP contribution in [0.2, 0.25) is 0 Å². The number of urea groups is 1. The quantitative estimate of drug-likeness (QED) is 0.683. The highest BCUT2D eigenvalue weighted by molar-refractivity contribution is 5.74. The number of carbonyl (C=O) groups is 1. The molecule has 1 aliphatic heterocycles. The zero-order chi connectivity index (χ0) is 16.2. The summed E-state index contributed by atoms with van der Waals surface area (Å²) < 4.78 is 5.71. The van der Waals surface area contributed by atoms with Crippen LogP contribution in [-0.2, 0) is 11.3 Å². The third-order valence-electron chi connectivity index (χ3n) is 3.96. The summed E-state index contributed by atoms with van der Waals surface area (Å²) in [6.07, 6.45) is 0.846. The maximum atomic E-state index is 12.2. The summed E-state index contributed by atoms with van der Waals surface area (Å²) in [6, 6.07) is 6.03. The fraction of sp³-hybridized carbons (Fsp3) is 0.533. The van der Waals surface area contributed by atoms with Crippen LogP contribution in [0.5, 0.6) is 0 Å². The van der Waals surface area contributed by atoms with E-state index in [1.165, 1.54) is 12.1 Å². The van der Waals surface area contributed by atoms with Gasteiger partial charge in [0.2, 0.25) is 0 Å². The standard InChI is InChI=1S/C15H21N3O4/c1-3-15(2)11-17(8-9-22-15)14(19)16-10-12-4-6-13(7-5-12)18(20)21/h4-7H,3,8-11H2,1-2H3,(H,16,19)/t15-/m1/s1. The highest BCUT2D eigenvalue weighted by Crippen LogP contribution is 2.21. The van der Waals surface area contributed by atoms with E-state index in [1.54, 1.807) is 17.0 Å². The van der Waals surface area contributed by atoms with Crippen molar-refractivity contribution in [1.82, 2.24) is 10.2 Å². The third kappa shape index (κ3) is 3.94. The lowest BCUT2D eigenvalue weighted by molar-refractivity contribution is -0.384. The Hall–Kier alpha value is -2.15. The average Bonchev–Trinajstić information content (AvgIpc) is 2.53. The van der Waals surface area contributed by atoms with Crippen LogP contribution in [0.3, 0.4) is 0 Å². The highest BCUT2D eigenvalue weighted by Gasteiger charge is 2.32. The molecule has 0 saturated carbocycles. The molecule has 0 radical (unpaired) electrons. The Labute approximate surface area is 129 Å². The zero-order valence-corrected chi connectivity index (χ0v) is 12.9. The van der Waals surface area contributed by atoms with E-state index in [2.05, 4.69) is 5.32 Å². The van der Waals surface area contributed by atoms with Gasteiger partial charge in [-0.2, -0.15) is 0 Å². The monoisotopic (exact) mass is 307 g/mol. The summed E-state index contributed by atoms with van der Waals surface area (Å²) in [6.45, 7) is 6.06. The van der Waals surface area contributed by atoms with Gasteiger partial charge in [-0.25, -0.2) is 4.79 Å². The van der Waals surface area contributed by atoms with Crippen LogP contribution in [0.15, 0.2) is 24.3 Å². The van der Waals surface area contributed by atoms with Crippen molar-refractivity contribution < 1.29 is 14.5 Å². The number of morpholine rings is 1. The Kier molecular flexibility index (Phi) is 4.97. The molecule has 0 unspecified atom stereocenters. The number of nitro benzene ring substituents is 1. The van der Waals surface area contributed by atoms with Gasteiger partial charge in [-0.3, -0.25) is 10.1 Å². The van der Waals surface area contributed by atoms with Crippen LogP contribution in [0, 0.1) is 10.1 Å². The van der Waals surface area contributed by atoms with Gasteiger partial charge in [0.25, 0.3) is 5.69 Å². The Morgan fingerprint density at radius 2 is 2.14 bits per heavy atom. The Bertz CT molecular complexity index is 546. The third-order valence-corrected chi connectivity index (χ3v) is 3.96. The topological polar surface area (TPSA) is 84.7 Å². The van der Waals surface area contributed by atoms with E-state index in [0.717, 1.165) is 12.0 Å². The molecule has 1 N–H and O–H groups in total. The van der Waals surface area contributed by atoms with Crippen molar-refractivity contribution in [2.45, 2.75) is 32.4 Å². The van der Waals surface area contributed by atoms with Gasteiger partial charge in [0.1, 0.15) is 0 Å². The Morgan fingerprint density at radius 3 is 2.73 bits per heavy atom. The molecule has 1 heterocycles. The van der Waals surface area contributed by atoms with Gasteiger partial charge in [0.05, 0.1) is 23.7 Å². The molecule has 0 aromatic heterocycles. The van der Waals surface area contributed by atoms with E-state index in [4.69, 9.17) is 4.74 Å². The molecule has 2 amide bonds. The summed E-state index contributed by atoms with van der Waals surface area (Å²) in [5.74, 6) is 0. The average molecular weight is 307 g/mol. The Morgan fingerprint density at radius 1 is 1.45 bits per heavy atom. The molecule has 0 aliphatic carbocycles. The molecule has 1 aliphatic rings. The predicted molar refractivity (Wildman–Crippen MR) is 81.6 cm³/mol. The summed E-state index contributed by atoms with van der Waals surface area (Å²) >= 11 is 0. The number of benzene rings is 1. The number of rotatable bonds is 4. The molecule has 2 rings (SSSR count). The first-order valence-corrected chi connectivity index (χ1v) is 7.33. The van der Waals surface area contributed by atoms with Crippen LogP contribution in [-0.4, -0.2) is 41.2 Å². The SMILES string of the molecule is CC[C@]1(C)CN(C(=O)NCc2ccc([N+](=O)[O-])cc2)CCO1. The second kappa shape index (κ2) is 6.74. The number of ether oxygens (including phenoxy) is 1. The van der Waals surface area contributed by atoms with Gasteiger partial charge in [-0.1, -0.05) is 19.1 Å². The van der Waals surface area contributed by atoms with Gasteiger partial charge in [0.15, 0.2) is 0 Å². The van der Waals surface area contributed by atoms with Crippen molar-refractivity contribution in [3.05, 3.63) is 39.9 Å². The molecular formula is C15H21N3O4. The first-order valence-electron chi connectivity index (χ1n) is 7.33. The second-order valence-electron chi connectivity index (χ2n) is 5.66. The first-order chi connectivity index (χ1) is 10.4. The molecule has 7 nitrogen and oxygen atoms in total. The molecule has 0 bridgehead atoms. The van der Waals surface area contributed by atoms with Crippen molar-refractivity contribution >= 4 is 11.7 Å². The molecular weight excluding hydrogens is 286 g/mol. The lowest BCUT2D eigenvalue weighted by Gasteiger charge is -2.39. The molecule has 0 spiro atoms. The number of hydrogen-bond acceptors (Lipinski definition) is 4. The molecule has 1 aromatic rings. The Balaban J connectivity index is 1.88. The van der Waals surface area contributed by atoms with Crippen molar-refractivity contribution in [3.63, 3.8) is 0 Å². The number of nitro groups is 1. The number of amides is 2. The molecule has 120 valence electrons. The summed E-state index contributed by atoms with van der Waals surface area (Å²) in [5.41, 5.74) is 0.579. The van der Waals surface area contributed by atoms with Crippen LogP contribution in [0.1, 0.15) is 25.8 Å². The van der Waals surface area contributed by atoms with E-state index >= 15 is 0 Å². The molecule has 1 saturated heterocycles. The van der Waals surface area contributed by atoms with Gasteiger partial charge in [-0.05, 0) is 18.9 Å². The second-order valence-corrected chi connectivity index (χ2v) is 5.66. The minimum absolute atomic E-state index is 0.0435. The molecule has 22 heavy (non-hydrogen) atoms. The van der Waals surface area contributed by atoms with Gasteiger partial charge in [-0.15, -0.1) is 0 Å².